The van der Waals surface area contributed by atoms with E-state index in [0.29, 0.717) is 0 Å². The van der Waals surface area contributed by atoms with E-state index in [9.17, 15) is 0 Å². The summed E-state index contributed by atoms with van der Waals surface area (Å²) in [6.45, 7) is 4.36. The van der Waals surface area contributed by atoms with Gasteiger partial charge >= 0.3 is 0 Å². The van der Waals surface area contributed by atoms with Crippen molar-refractivity contribution in [2.45, 2.75) is 26.7 Å². The molecule has 3 heterocycles. The molecule has 3 aliphatic heterocycles. The quantitative estimate of drug-likeness (QED) is 0.552. The summed E-state index contributed by atoms with van der Waals surface area (Å²) in [4.78, 5) is 9.79. The smallest absolute Gasteiger partial charge is 0.0671 e. The molecule has 5 rings (SSSR count). The van der Waals surface area contributed by atoms with Crippen LogP contribution in [0.2, 0.25) is 0 Å². The van der Waals surface area contributed by atoms with E-state index < -0.39 is 0 Å². The first-order chi connectivity index (χ1) is 13.6. The number of allylic oxidation sites excluding steroid dienone is 4. The fourth-order valence-corrected chi connectivity index (χ4v) is 3.95. The van der Waals surface area contributed by atoms with Gasteiger partial charge in [-0.15, -0.1) is 0 Å². The zero-order chi connectivity index (χ0) is 19.1. The molecule has 2 heteroatoms. The normalized spacial score (nSPS) is 17.9. The van der Waals surface area contributed by atoms with Crippen molar-refractivity contribution < 1.29 is 0 Å². The Morgan fingerprint density at radius 2 is 1.43 bits per heavy atom. The lowest BCUT2D eigenvalue weighted by Crippen LogP contribution is -2.02. The van der Waals surface area contributed by atoms with Crippen LogP contribution in [0.1, 0.15) is 36.1 Å². The second-order valence-corrected chi connectivity index (χ2v) is 7.69. The van der Waals surface area contributed by atoms with E-state index in [1.54, 1.807) is 0 Å². The highest BCUT2D eigenvalue weighted by Crippen LogP contribution is 2.29. The fourth-order valence-electron chi connectivity index (χ4n) is 3.95. The lowest BCUT2D eigenvalue weighted by molar-refractivity contribution is 1.28. The number of hydrogen-bond donors (Lipinski definition) is 0. The number of benzene rings is 2. The summed E-state index contributed by atoms with van der Waals surface area (Å²) >= 11 is 0. The van der Waals surface area contributed by atoms with Crippen molar-refractivity contribution in [2.75, 3.05) is 0 Å². The van der Waals surface area contributed by atoms with Gasteiger partial charge in [-0.1, -0.05) is 48.5 Å². The van der Waals surface area contributed by atoms with Gasteiger partial charge in [-0.3, -0.25) is 9.98 Å². The van der Waals surface area contributed by atoms with Gasteiger partial charge in [-0.2, -0.15) is 0 Å². The van der Waals surface area contributed by atoms with Gasteiger partial charge in [0.05, 0.1) is 11.4 Å². The molecule has 2 aromatic rings. The van der Waals surface area contributed by atoms with E-state index in [-0.39, 0.29) is 0 Å². The first kappa shape index (κ1) is 16.9. The van der Waals surface area contributed by atoms with E-state index in [1.165, 1.54) is 33.4 Å². The van der Waals surface area contributed by atoms with E-state index >= 15 is 0 Å². The van der Waals surface area contributed by atoms with Crippen molar-refractivity contribution in [2.24, 2.45) is 9.98 Å². The number of fused-ring (bicyclic) bond motifs is 6. The third-order valence-corrected chi connectivity index (χ3v) is 5.63. The largest absolute Gasteiger partial charge is 0.253 e. The van der Waals surface area contributed by atoms with Gasteiger partial charge in [0.15, 0.2) is 0 Å². The maximum absolute atomic E-state index is 4.98. The van der Waals surface area contributed by atoms with E-state index in [1.807, 2.05) is 0 Å². The van der Waals surface area contributed by atoms with Crippen molar-refractivity contribution >= 4 is 23.6 Å². The van der Waals surface area contributed by atoms with Crippen LogP contribution >= 0.6 is 0 Å². The monoisotopic (exact) mass is 362 g/mol. The molecule has 0 aliphatic carbocycles. The van der Waals surface area contributed by atoms with E-state index in [0.717, 1.165) is 35.7 Å². The predicted molar refractivity (Wildman–Crippen MR) is 119 cm³/mol. The average Bonchev–Trinajstić information content (AvgIpc) is 3.22. The summed E-state index contributed by atoms with van der Waals surface area (Å²) in [5.41, 5.74) is 11.9. The first-order valence-corrected chi connectivity index (χ1v) is 9.77. The zero-order valence-electron chi connectivity index (χ0n) is 16.2. The van der Waals surface area contributed by atoms with Crippen LogP contribution in [0.3, 0.4) is 0 Å². The van der Waals surface area contributed by atoms with Crippen LogP contribution in [0, 0.1) is 0 Å². The Labute approximate surface area is 166 Å². The zero-order valence-corrected chi connectivity index (χ0v) is 16.2. The van der Waals surface area contributed by atoms with Gasteiger partial charge in [0.1, 0.15) is 0 Å². The molecule has 136 valence electrons. The van der Waals surface area contributed by atoms with Crippen LogP contribution in [-0.4, -0.2) is 11.4 Å². The molecule has 28 heavy (non-hydrogen) atoms. The minimum Gasteiger partial charge on any atom is -0.253 e. The highest BCUT2D eigenvalue weighted by atomic mass is 14.8. The summed E-state index contributed by atoms with van der Waals surface area (Å²) in [6, 6.07) is 17.4. The van der Waals surface area contributed by atoms with Crippen LogP contribution in [0.25, 0.3) is 12.2 Å². The molecular formula is C26H22N2. The number of aliphatic imine (C=N–C) groups is 2. The Morgan fingerprint density at radius 3 is 2.21 bits per heavy atom. The Hall–Kier alpha value is -3.26. The van der Waals surface area contributed by atoms with Crippen molar-refractivity contribution in [1.82, 2.24) is 0 Å². The van der Waals surface area contributed by atoms with E-state index in [4.69, 9.17) is 9.98 Å². The number of rotatable bonds is 0. The van der Waals surface area contributed by atoms with Gasteiger partial charge in [0, 0.05) is 24.3 Å². The Balaban J connectivity index is 1.66. The van der Waals surface area contributed by atoms with E-state index in [2.05, 4.69) is 86.7 Å². The third kappa shape index (κ3) is 3.22. The third-order valence-electron chi connectivity index (χ3n) is 5.63. The molecule has 0 saturated carbocycles. The van der Waals surface area contributed by atoms with Crippen LogP contribution in [-0.2, 0) is 12.8 Å². The van der Waals surface area contributed by atoms with Crippen LogP contribution < -0.4 is 0 Å². The van der Waals surface area contributed by atoms with Crippen molar-refractivity contribution in [1.29, 1.82) is 0 Å². The fraction of sp³-hybridized carbons (Fsp3) is 0.154. The molecule has 0 amide bonds. The maximum Gasteiger partial charge on any atom is 0.0671 e. The first-order valence-electron chi connectivity index (χ1n) is 9.77. The molecule has 0 aromatic heterocycles. The van der Waals surface area contributed by atoms with Gasteiger partial charge < -0.3 is 0 Å². The summed E-state index contributed by atoms with van der Waals surface area (Å²) in [5.74, 6) is 0. The minimum absolute atomic E-state index is 0.841. The van der Waals surface area contributed by atoms with Crippen LogP contribution in [0.5, 0.6) is 0 Å². The van der Waals surface area contributed by atoms with Crippen LogP contribution in [0.15, 0.2) is 93.2 Å². The predicted octanol–water partition coefficient (Wildman–Crippen LogP) is 5.97. The van der Waals surface area contributed by atoms with Gasteiger partial charge in [-0.05, 0) is 71.6 Å². The van der Waals surface area contributed by atoms with Crippen molar-refractivity contribution in [3.05, 3.63) is 105 Å². The lowest BCUT2D eigenvalue weighted by atomic mass is 9.99. The molecule has 2 aromatic carbocycles. The Bertz CT molecular complexity index is 1170. The summed E-state index contributed by atoms with van der Waals surface area (Å²) in [7, 11) is 0. The van der Waals surface area contributed by atoms with Gasteiger partial charge in [0.2, 0.25) is 0 Å². The molecule has 8 bridgehead atoms. The molecule has 3 aliphatic rings. The standard InChI is InChI=1S/C26H22N2/c1-17-18(2)26-16-22-8-4-6-20(12-22)14-24-10-9-23(27-24)13-19-5-3-7-21(11-19)15-25(17)28-26/h3-13,16H,14-15H2,1-2H3. The number of hydrogen-bond acceptors (Lipinski definition) is 2. The molecule has 0 N–H and O–H groups in total. The van der Waals surface area contributed by atoms with Crippen molar-refractivity contribution in [3.63, 3.8) is 0 Å². The Kier molecular flexibility index (Phi) is 4.05. The molecule has 0 atom stereocenters. The highest BCUT2D eigenvalue weighted by molar-refractivity contribution is 6.06. The highest BCUT2D eigenvalue weighted by Gasteiger charge is 2.18. The number of nitrogens with zero attached hydrogens (tertiary/aromatic N) is 2. The van der Waals surface area contributed by atoms with Crippen molar-refractivity contribution in [3.8, 4) is 0 Å². The second kappa shape index (κ2) is 6.72. The molecule has 2 nitrogen and oxygen atoms in total. The molecule has 0 fully saturated rings. The molecular weight excluding hydrogens is 340 g/mol. The topological polar surface area (TPSA) is 24.7 Å². The van der Waals surface area contributed by atoms with Crippen LogP contribution in [0.4, 0.5) is 0 Å². The maximum atomic E-state index is 4.98. The summed E-state index contributed by atoms with van der Waals surface area (Å²) < 4.78 is 0. The lowest BCUT2D eigenvalue weighted by Gasteiger charge is -2.05. The molecule has 0 spiro atoms. The average molecular weight is 362 g/mol. The summed E-state index contributed by atoms with van der Waals surface area (Å²) in [5, 5.41) is 0. The van der Waals surface area contributed by atoms with Gasteiger partial charge in [0.25, 0.3) is 0 Å². The molecule has 0 unspecified atom stereocenters. The minimum atomic E-state index is 0.841. The Morgan fingerprint density at radius 1 is 0.714 bits per heavy atom. The SMILES string of the molecule is CC1=C(C)C2=NC1=Cc1cccc(c1)CC1=NC(=Cc3cccc(c3)C2)C=C1. The molecule has 0 saturated heterocycles. The second-order valence-electron chi connectivity index (χ2n) is 7.69. The summed E-state index contributed by atoms with van der Waals surface area (Å²) in [6.07, 6.45) is 10.3. The van der Waals surface area contributed by atoms with Gasteiger partial charge in [-0.25, -0.2) is 0 Å². The molecule has 0 radical (unpaired) electrons.